The van der Waals surface area contributed by atoms with Crippen molar-refractivity contribution in [2.45, 2.75) is 96.1 Å². The Bertz CT molecular complexity index is 1480. The molecule has 3 heterocycles. The lowest BCUT2D eigenvalue weighted by Crippen LogP contribution is -2.47. The Morgan fingerprint density at radius 2 is 1.77 bits per heavy atom. The first kappa shape index (κ1) is 30.9. The number of methoxy groups -OCH3 is 1. The van der Waals surface area contributed by atoms with Gasteiger partial charge in [-0.05, 0) is 124 Å². The Morgan fingerprint density at radius 1 is 1.07 bits per heavy atom. The number of anilines is 1. The minimum Gasteiger partial charge on any atom is -0.493 e. The largest absolute Gasteiger partial charge is 0.493 e. The van der Waals surface area contributed by atoms with Crippen molar-refractivity contribution in [3.63, 3.8) is 0 Å². The van der Waals surface area contributed by atoms with Gasteiger partial charge in [0.2, 0.25) is 5.91 Å². The molecule has 7 heteroatoms. The van der Waals surface area contributed by atoms with Crippen molar-refractivity contribution in [3.8, 4) is 11.5 Å². The monoisotopic (exact) mass is 616 g/mol. The highest BCUT2D eigenvalue weighted by Crippen LogP contribution is 2.48. The molecule has 1 aliphatic carbocycles. The summed E-state index contributed by atoms with van der Waals surface area (Å²) in [5.74, 6) is 1.50. The minimum atomic E-state index is -0.938. The number of allylic oxidation sites excluding steroid dienone is 5. The summed E-state index contributed by atoms with van der Waals surface area (Å²) in [6, 6.07) is 12.8. The fraction of sp³-hybridized carbons (Fsp3) is 0.486. The predicted octanol–water partition coefficient (Wildman–Crippen LogP) is 7.59. The van der Waals surface area contributed by atoms with Crippen LogP contribution in [-0.2, 0) is 16.8 Å². The van der Waals surface area contributed by atoms with E-state index in [1.807, 2.05) is 86.4 Å². The van der Waals surface area contributed by atoms with Crippen molar-refractivity contribution in [2.24, 2.45) is 5.92 Å². The Kier molecular flexibility index (Phi) is 8.71. The maximum absolute atomic E-state index is 14.0. The van der Waals surface area contributed by atoms with Gasteiger partial charge in [0.1, 0.15) is 0 Å². The van der Waals surface area contributed by atoms with Crippen LogP contribution in [0.5, 0.6) is 11.5 Å². The van der Waals surface area contributed by atoms with Crippen molar-refractivity contribution in [2.75, 3.05) is 18.6 Å². The number of piperidine rings is 1. The van der Waals surface area contributed by atoms with Crippen LogP contribution >= 0.6 is 11.6 Å². The number of carbonyl (C=O) groups excluding carboxylic acids is 1. The first-order valence-corrected chi connectivity index (χ1v) is 16.5. The molecule has 6 rings (SSSR count). The molecule has 2 saturated heterocycles. The number of rotatable bonds is 8. The van der Waals surface area contributed by atoms with E-state index in [1.54, 1.807) is 7.11 Å². The molecule has 4 unspecified atom stereocenters. The molecule has 0 radical (unpaired) electrons. The molecule has 0 spiro atoms. The lowest BCUT2D eigenvalue weighted by Gasteiger charge is -2.44. The minimum absolute atomic E-state index is 0.00862. The van der Waals surface area contributed by atoms with E-state index in [4.69, 9.17) is 21.1 Å². The average Bonchev–Trinajstić information content (AvgIpc) is 3.13. The number of halogens is 1. The third-order valence-electron chi connectivity index (χ3n) is 10.2. The van der Waals surface area contributed by atoms with Crippen molar-refractivity contribution >= 4 is 23.2 Å². The van der Waals surface area contributed by atoms with Crippen molar-refractivity contribution in [3.05, 3.63) is 88.0 Å². The summed E-state index contributed by atoms with van der Waals surface area (Å²) in [4.78, 5) is 18.5. The van der Waals surface area contributed by atoms with Gasteiger partial charge in [-0.25, -0.2) is 0 Å². The lowest BCUT2D eigenvalue weighted by molar-refractivity contribution is -0.118. The van der Waals surface area contributed by atoms with Gasteiger partial charge in [-0.2, -0.15) is 0 Å². The van der Waals surface area contributed by atoms with Gasteiger partial charge in [0, 0.05) is 22.8 Å². The first-order valence-electron chi connectivity index (χ1n) is 16.1. The van der Waals surface area contributed by atoms with Crippen LogP contribution in [0.4, 0.5) is 5.69 Å². The molecule has 2 aromatic carbocycles. The van der Waals surface area contributed by atoms with Crippen LogP contribution in [0.15, 0.2) is 71.3 Å². The smallest absolute Gasteiger partial charge is 0.232 e. The van der Waals surface area contributed by atoms with Crippen LogP contribution in [0.3, 0.4) is 0 Å². The first-order chi connectivity index (χ1) is 21.1. The predicted molar refractivity (Wildman–Crippen MR) is 176 cm³/mol. The number of aliphatic hydroxyl groups is 1. The van der Waals surface area contributed by atoms with Crippen LogP contribution in [-0.4, -0.2) is 47.8 Å². The number of amides is 1. The van der Waals surface area contributed by atoms with Crippen LogP contribution in [0.25, 0.3) is 0 Å². The SMILES string of the molecule is CCN1C2CCC1CC(C(C)(O)c1ccc(N3C(=O)Cc4cc(OC)c(OC(C)C)cc4C3C3=CC=C(Cl)C=CC3)cc1)C2. The van der Waals surface area contributed by atoms with Crippen LogP contribution < -0.4 is 14.4 Å². The summed E-state index contributed by atoms with van der Waals surface area (Å²) in [6.07, 6.45) is 13.2. The number of carbonyl (C=O) groups is 1. The number of fused-ring (bicyclic) bond motifs is 3. The van der Waals surface area contributed by atoms with Gasteiger partial charge in [-0.3, -0.25) is 9.69 Å². The van der Waals surface area contributed by atoms with Crippen LogP contribution in [0.1, 0.15) is 82.5 Å². The molecule has 4 atom stereocenters. The van der Waals surface area contributed by atoms with E-state index in [1.165, 1.54) is 12.8 Å². The van der Waals surface area contributed by atoms with E-state index in [2.05, 4.69) is 11.8 Å². The maximum atomic E-state index is 14.0. The Hall–Kier alpha value is -3.06. The average molecular weight is 617 g/mol. The van der Waals surface area contributed by atoms with Gasteiger partial charge in [0.25, 0.3) is 0 Å². The van der Waals surface area contributed by atoms with E-state index in [0.29, 0.717) is 35.0 Å². The van der Waals surface area contributed by atoms with Crippen LogP contribution in [0, 0.1) is 5.92 Å². The molecule has 0 aromatic heterocycles. The number of benzene rings is 2. The molecule has 1 N–H and O–H groups in total. The highest BCUT2D eigenvalue weighted by molar-refractivity contribution is 6.31. The Morgan fingerprint density at radius 3 is 2.41 bits per heavy atom. The van der Waals surface area contributed by atoms with Crippen molar-refractivity contribution in [1.29, 1.82) is 0 Å². The second-order valence-corrected chi connectivity index (χ2v) is 13.6. The molecule has 2 aromatic rings. The zero-order chi connectivity index (χ0) is 31.2. The highest BCUT2D eigenvalue weighted by atomic mass is 35.5. The number of hydrogen-bond donors (Lipinski definition) is 1. The fourth-order valence-electron chi connectivity index (χ4n) is 7.99. The van der Waals surface area contributed by atoms with Gasteiger partial charge in [-0.1, -0.05) is 42.8 Å². The molecule has 1 amide bonds. The van der Waals surface area contributed by atoms with Crippen molar-refractivity contribution < 1.29 is 19.4 Å². The Balaban J connectivity index is 1.37. The summed E-state index contributed by atoms with van der Waals surface area (Å²) < 4.78 is 11.8. The Labute approximate surface area is 267 Å². The maximum Gasteiger partial charge on any atom is 0.232 e. The second-order valence-electron chi connectivity index (χ2n) is 13.2. The van der Waals surface area contributed by atoms with E-state index in [-0.39, 0.29) is 30.4 Å². The van der Waals surface area contributed by atoms with E-state index in [9.17, 15) is 9.90 Å². The van der Waals surface area contributed by atoms with E-state index < -0.39 is 5.60 Å². The van der Waals surface area contributed by atoms with Crippen LogP contribution in [0.2, 0.25) is 0 Å². The number of ether oxygens (including phenoxy) is 2. The van der Waals surface area contributed by atoms with Gasteiger partial charge in [-0.15, -0.1) is 0 Å². The number of hydrogen-bond acceptors (Lipinski definition) is 5. The summed E-state index contributed by atoms with van der Waals surface area (Å²) >= 11 is 6.38. The second kappa shape index (κ2) is 12.4. The lowest BCUT2D eigenvalue weighted by atomic mass is 9.75. The molecule has 3 aliphatic heterocycles. The molecular weight excluding hydrogens is 572 g/mol. The fourth-order valence-corrected chi connectivity index (χ4v) is 8.14. The summed E-state index contributed by atoms with van der Waals surface area (Å²) in [5.41, 5.74) is 3.77. The van der Waals surface area contributed by atoms with Gasteiger partial charge in [0.15, 0.2) is 11.5 Å². The molecule has 2 fully saturated rings. The quantitative estimate of drug-likeness (QED) is 0.331. The standard InChI is InChI=1S/C37H45ClN2O4/c1-6-39-30-16-17-31(39)21-27(20-30)37(4,42)26-11-14-29(15-12-26)40-35(41)19-25-18-33(43-5)34(44-23(2)3)22-32(25)36(40)24-8-7-9-28(38)13-10-24/h7,9-15,18,22-23,27,30-31,36,42H,6,8,16-17,19-21H2,1-5H3. The molecule has 234 valence electrons. The summed E-state index contributed by atoms with van der Waals surface area (Å²) in [5, 5.41) is 12.6. The zero-order valence-electron chi connectivity index (χ0n) is 26.6. The number of nitrogens with zero attached hydrogens (tertiary/aromatic N) is 2. The molecule has 0 saturated carbocycles. The zero-order valence-corrected chi connectivity index (χ0v) is 27.3. The topological polar surface area (TPSA) is 62.2 Å². The van der Waals surface area contributed by atoms with Gasteiger partial charge < -0.3 is 19.5 Å². The summed E-state index contributed by atoms with van der Waals surface area (Å²) in [6.45, 7) is 9.29. The highest BCUT2D eigenvalue weighted by Gasteiger charge is 2.46. The third-order valence-corrected chi connectivity index (χ3v) is 10.4. The molecular formula is C37H45ClN2O4. The molecule has 2 bridgehead atoms. The summed E-state index contributed by atoms with van der Waals surface area (Å²) in [7, 11) is 1.63. The van der Waals surface area contributed by atoms with Gasteiger partial charge in [0.05, 0.1) is 31.3 Å². The van der Waals surface area contributed by atoms with E-state index >= 15 is 0 Å². The van der Waals surface area contributed by atoms with E-state index in [0.717, 1.165) is 47.3 Å². The third kappa shape index (κ3) is 5.73. The van der Waals surface area contributed by atoms with Crippen molar-refractivity contribution in [1.82, 2.24) is 4.90 Å². The molecule has 44 heavy (non-hydrogen) atoms. The normalized spacial score (nSPS) is 26.5. The molecule has 6 nitrogen and oxygen atoms in total. The molecule has 4 aliphatic rings. The van der Waals surface area contributed by atoms with Gasteiger partial charge >= 0.3 is 0 Å².